The van der Waals surface area contributed by atoms with Gasteiger partial charge in [-0.25, -0.2) is 0 Å². The first-order chi connectivity index (χ1) is 9.96. The Hall–Kier alpha value is -0.0400. The number of rotatable bonds is 5. The van der Waals surface area contributed by atoms with Crippen molar-refractivity contribution < 1.29 is 9.47 Å². The van der Waals surface area contributed by atoms with Gasteiger partial charge < -0.3 is 9.47 Å². The summed E-state index contributed by atoms with van der Waals surface area (Å²) in [6, 6.07) is 11.6. The molecule has 2 aromatic rings. The van der Waals surface area contributed by atoms with E-state index in [1.807, 2.05) is 43.3 Å². The molecular weight excluding hydrogens is 532 g/mol. The van der Waals surface area contributed by atoms with Crippen LogP contribution in [0.5, 0.6) is 11.5 Å². The molecule has 0 heterocycles. The molecular formula is C15H12Br4O2. The quantitative estimate of drug-likeness (QED) is 0.381. The Labute approximate surface area is 157 Å². The highest BCUT2D eigenvalue weighted by Gasteiger charge is 2.12. The van der Waals surface area contributed by atoms with Crippen LogP contribution < -0.4 is 9.47 Å². The smallest absolute Gasteiger partial charge is 0.240 e. The molecule has 0 aliphatic rings. The van der Waals surface area contributed by atoms with E-state index in [0.29, 0.717) is 0 Å². The number of hydrogen-bond donors (Lipinski definition) is 0. The molecule has 0 spiro atoms. The summed E-state index contributed by atoms with van der Waals surface area (Å²) in [7, 11) is 0. The fourth-order valence-electron chi connectivity index (χ4n) is 1.69. The molecule has 0 fully saturated rings. The van der Waals surface area contributed by atoms with E-state index in [1.54, 1.807) is 0 Å². The molecule has 0 amide bonds. The summed E-state index contributed by atoms with van der Waals surface area (Å²) in [6.07, 6.45) is 0.376. The van der Waals surface area contributed by atoms with Crippen molar-refractivity contribution in [2.24, 2.45) is 0 Å². The Morgan fingerprint density at radius 1 is 0.714 bits per heavy atom. The first kappa shape index (κ1) is 17.3. The summed E-state index contributed by atoms with van der Waals surface area (Å²) < 4.78 is 15.6. The molecule has 0 unspecified atom stereocenters. The topological polar surface area (TPSA) is 18.5 Å². The highest BCUT2D eigenvalue weighted by Crippen LogP contribution is 2.28. The van der Waals surface area contributed by atoms with Crippen molar-refractivity contribution in [3.05, 3.63) is 54.3 Å². The maximum atomic E-state index is 5.90. The molecule has 21 heavy (non-hydrogen) atoms. The van der Waals surface area contributed by atoms with Gasteiger partial charge in [-0.05, 0) is 36.4 Å². The lowest BCUT2D eigenvalue weighted by Crippen LogP contribution is -2.22. The van der Waals surface area contributed by atoms with Crippen molar-refractivity contribution in [1.82, 2.24) is 0 Å². The highest BCUT2D eigenvalue weighted by atomic mass is 79.9. The summed E-state index contributed by atoms with van der Waals surface area (Å²) in [5.74, 6) is 1.49. The lowest BCUT2D eigenvalue weighted by Gasteiger charge is -2.20. The Morgan fingerprint density at radius 3 is 1.33 bits per heavy atom. The zero-order chi connectivity index (χ0) is 15.4. The molecule has 0 aliphatic carbocycles. The van der Waals surface area contributed by atoms with Crippen LogP contribution in [-0.2, 0) is 0 Å². The molecule has 2 nitrogen and oxygen atoms in total. The monoisotopic (exact) mass is 540 g/mol. The molecule has 0 saturated heterocycles. The van der Waals surface area contributed by atoms with Crippen LogP contribution in [0.2, 0.25) is 0 Å². The fourth-order valence-corrected chi connectivity index (χ4v) is 4.19. The first-order valence-corrected chi connectivity index (χ1v) is 9.39. The van der Waals surface area contributed by atoms with Gasteiger partial charge in [-0.15, -0.1) is 0 Å². The molecule has 6 heteroatoms. The first-order valence-electron chi connectivity index (χ1n) is 6.22. The second-order valence-corrected chi connectivity index (χ2v) is 7.95. The van der Waals surface area contributed by atoms with E-state index in [4.69, 9.17) is 9.47 Å². The predicted molar refractivity (Wildman–Crippen MR) is 99.0 cm³/mol. The lowest BCUT2D eigenvalue weighted by atomic mass is 10.3. The predicted octanol–water partition coefficient (Wildman–Crippen LogP) is 6.93. The van der Waals surface area contributed by atoms with Gasteiger partial charge in [0.1, 0.15) is 11.5 Å². The zero-order valence-corrected chi connectivity index (χ0v) is 17.4. The summed E-state index contributed by atoms with van der Waals surface area (Å²) in [4.78, 5) is 0. The Morgan fingerprint density at radius 2 is 1.05 bits per heavy atom. The van der Waals surface area contributed by atoms with Gasteiger partial charge in [-0.2, -0.15) is 0 Å². The molecule has 0 aromatic heterocycles. The Balaban J connectivity index is 2.12. The van der Waals surface area contributed by atoms with Crippen LogP contribution in [-0.4, -0.2) is 6.29 Å². The van der Waals surface area contributed by atoms with Crippen LogP contribution in [0.15, 0.2) is 54.3 Å². The minimum absolute atomic E-state index is 0.354. The van der Waals surface area contributed by atoms with Gasteiger partial charge in [-0.3, -0.25) is 0 Å². The normalized spacial score (nSPS) is 10.8. The third-order valence-electron chi connectivity index (χ3n) is 2.54. The molecule has 0 N–H and O–H groups in total. The number of halogens is 4. The van der Waals surface area contributed by atoms with Gasteiger partial charge >= 0.3 is 0 Å². The van der Waals surface area contributed by atoms with E-state index in [9.17, 15) is 0 Å². The Bertz CT molecular complexity index is 537. The summed E-state index contributed by atoms with van der Waals surface area (Å²) in [5.41, 5.74) is 0. The van der Waals surface area contributed by atoms with E-state index in [1.165, 1.54) is 0 Å². The fraction of sp³-hybridized carbons (Fsp3) is 0.200. The standard InChI is InChI=1S/C15H12Br4O2/c1-2-15(20-13-5-9(16)3-10(17)6-13)21-14-7-11(18)4-12(19)8-14/h3-8,15H,2H2,1H3. The summed E-state index contributed by atoms with van der Waals surface area (Å²) in [6.45, 7) is 2.02. The van der Waals surface area contributed by atoms with Crippen LogP contribution in [0.1, 0.15) is 13.3 Å². The van der Waals surface area contributed by atoms with Crippen molar-refractivity contribution in [2.75, 3.05) is 0 Å². The average Bonchev–Trinajstić information content (AvgIpc) is 2.35. The zero-order valence-electron chi connectivity index (χ0n) is 11.1. The summed E-state index contributed by atoms with van der Waals surface area (Å²) in [5, 5.41) is 0. The molecule has 0 bridgehead atoms. The minimum atomic E-state index is -0.354. The van der Waals surface area contributed by atoms with Crippen molar-refractivity contribution in [1.29, 1.82) is 0 Å². The van der Waals surface area contributed by atoms with Crippen LogP contribution >= 0.6 is 63.7 Å². The van der Waals surface area contributed by atoms with Gasteiger partial charge in [0.2, 0.25) is 6.29 Å². The van der Waals surface area contributed by atoms with Crippen molar-refractivity contribution in [3.8, 4) is 11.5 Å². The average molecular weight is 544 g/mol. The van der Waals surface area contributed by atoms with E-state index in [-0.39, 0.29) is 6.29 Å². The van der Waals surface area contributed by atoms with Crippen molar-refractivity contribution in [2.45, 2.75) is 19.6 Å². The SMILES string of the molecule is CCC(Oc1cc(Br)cc(Br)c1)Oc1cc(Br)cc(Br)c1. The molecule has 2 aromatic carbocycles. The third kappa shape index (κ3) is 5.58. The number of benzene rings is 2. The molecule has 0 atom stereocenters. The van der Waals surface area contributed by atoms with E-state index >= 15 is 0 Å². The largest absolute Gasteiger partial charge is 0.455 e. The number of hydrogen-bond acceptors (Lipinski definition) is 2. The third-order valence-corrected chi connectivity index (χ3v) is 4.37. The minimum Gasteiger partial charge on any atom is -0.455 e. The van der Waals surface area contributed by atoms with Gasteiger partial charge in [0.25, 0.3) is 0 Å². The van der Waals surface area contributed by atoms with E-state index < -0.39 is 0 Å². The van der Waals surface area contributed by atoms with Gasteiger partial charge in [-0.1, -0.05) is 70.6 Å². The van der Waals surface area contributed by atoms with Crippen LogP contribution in [0.3, 0.4) is 0 Å². The van der Waals surface area contributed by atoms with Gasteiger partial charge in [0, 0.05) is 24.3 Å². The molecule has 2 rings (SSSR count). The van der Waals surface area contributed by atoms with E-state index in [0.717, 1.165) is 35.8 Å². The highest BCUT2D eigenvalue weighted by molar-refractivity contribution is 9.11. The van der Waals surface area contributed by atoms with Crippen LogP contribution in [0.25, 0.3) is 0 Å². The molecule has 0 aliphatic heterocycles. The second-order valence-electron chi connectivity index (χ2n) is 4.28. The maximum absolute atomic E-state index is 5.90. The molecule has 112 valence electrons. The summed E-state index contributed by atoms with van der Waals surface area (Å²) >= 11 is 13.8. The van der Waals surface area contributed by atoms with Crippen LogP contribution in [0.4, 0.5) is 0 Å². The number of ether oxygens (including phenoxy) is 2. The Kier molecular flexibility index (Phi) is 6.59. The van der Waals surface area contributed by atoms with Crippen molar-refractivity contribution in [3.63, 3.8) is 0 Å². The molecule has 0 radical (unpaired) electrons. The lowest BCUT2D eigenvalue weighted by molar-refractivity contribution is 0.00314. The second kappa shape index (κ2) is 7.99. The van der Waals surface area contributed by atoms with Crippen molar-refractivity contribution >= 4 is 63.7 Å². The maximum Gasteiger partial charge on any atom is 0.240 e. The van der Waals surface area contributed by atoms with E-state index in [2.05, 4.69) is 63.7 Å². The van der Waals surface area contributed by atoms with Gasteiger partial charge in [0.05, 0.1) is 0 Å². The van der Waals surface area contributed by atoms with Crippen LogP contribution in [0, 0.1) is 0 Å². The van der Waals surface area contributed by atoms with Gasteiger partial charge in [0.15, 0.2) is 0 Å². The molecule has 0 saturated carbocycles.